The largest absolute Gasteiger partial charge is 0.497 e. The molecule has 0 radical (unpaired) electrons. The molecule has 0 aliphatic heterocycles. The fourth-order valence-corrected chi connectivity index (χ4v) is 1.83. The highest BCUT2D eigenvalue weighted by atomic mass is 35.5. The van der Waals surface area contributed by atoms with Gasteiger partial charge in [0.15, 0.2) is 5.11 Å². The Balaban J connectivity index is 2.33. The number of nitrogens with zero attached hydrogens (tertiary/aromatic N) is 2. The van der Waals surface area contributed by atoms with Crippen LogP contribution in [0.4, 0.5) is 0 Å². The van der Waals surface area contributed by atoms with E-state index in [4.69, 9.17) is 28.6 Å². The van der Waals surface area contributed by atoms with Crippen LogP contribution in [0.15, 0.2) is 29.4 Å². The summed E-state index contributed by atoms with van der Waals surface area (Å²) in [7, 11) is 3.33. The second-order valence-electron chi connectivity index (χ2n) is 3.88. The second-order valence-corrected chi connectivity index (χ2v) is 4.64. The Kier molecular flexibility index (Phi) is 4.70. The summed E-state index contributed by atoms with van der Waals surface area (Å²) in [5.74, 6) is 0.763. The molecule has 0 aliphatic rings. The van der Waals surface area contributed by atoms with Gasteiger partial charge in [-0.1, -0.05) is 11.6 Å². The van der Waals surface area contributed by atoms with E-state index in [-0.39, 0.29) is 0 Å². The topological polar surface area (TPSA) is 58.5 Å². The van der Waals surface area contributed by atoms with Gasteiger partial charge >= 0.3 is 0 Å². The first-order chi connectivity index (χ1) is 9.63. The van der Waals surface area contributed by atoms with Crippen LogP contribution < -0.4 is 15.5 Å². The molecule has 0 saturated carbocycles. The Morgan fingerprint density at radius 2 is 2.25 bits per heavy atom. The summed E-state index contributed by atoms with van der Waals surface area (Å²) in [6.45, 7) is 0. The van der Waals surface area contributed by atoms with Crippen LogP contribution in [0.1, 0.15) is 5.56 Å². The molecule has 104 valence electrons. The number of rotatable bonds is 3. The van der Waals surface area contributed by atoms with Crippen LogP contribution in [0.25, 0.3) is 10.9 Å². The molecule has 1 aromatic carbocycles. The highest BCUT2D eigenvalue weighted by molar-refractivity contribution is 7.80. The van der Waals surface area contributed by atoms with Gasteiger partial charge in [0.25, 0.3) is 0 Å². The summed E-state index contributed by atoms with van der Waals surface area (Å²) in [6, 6.07) is 7.48. The lowest BCUT2D eigenvalue weighted by Gasteiger charge is -2.05. The van der Waals surface area contributed by atoms with Crippen molar-refractivity contribution in [2.75, 3.05) is 14.2 Å². The molecule has 2 rings (SSSR count). The first-order valence-corrected chi connectivity index (χ1v) is 6.57. The molecule has 0 bridgehead atoms. The summed E-state index contributed by atoms with van der Waals surface area (Å²) in [5, 5.41) is 8.46. The molecule has 0 aliphatic carbocycles. The van der Waals surface area contributed by atoms with Crippen LogP contribution >= 0.6 is 23.8 Å². The Morgan fingerprint density at radius 3 is 2.95 bits per heavy atom. The fraction of sp³-hybridized carbons (Fsp3) is 0.154. The van der Waals surface area contributed by atoms with Crippen molar-refractivity contribution in [1.82, 2.24) is 15.7 Å². The minimum absolute atomic E-state index is 0.378. The lowest BCUT2D eigenvalue weighted by atomic mass is 10.1. The molecule has 2 N–H and O–H groups in total. The number of hydrogen-bond acceptors (Lipinski definition) is 4. The molecule has 1 heterocycles. The van der Waals surface area contributed by atoms with Crippen LogP contribution in [0.2, 0.25) is 5.15 Å². The molecule has 0 unspecified atom stereocenters. The minimum Gasteiger partial charge on any atom is -0.497 e. The zero-order chi connectivity index (χ0) is 14.5. The molecule has 0 atom stereocenters. The van der Waals surface area contributed by atoms with E-state index in [0.717, 1.165) is 16.7 Å². The van der Waals surface area contributed by atoms with Gasteiger partial charge in [0.1, 0.15) is 10.9 Å². The van der Waals surface area contributed by atoms with Gasteiger partial charge in [-0.2, -0.15) is 5.10 Å². The van der Waals surface area contributed by atoms with E-state index in [1.807, 2.05) is 24.3 Å². The van der Waals surface area contributed by atoms with E-state index in [0.29, 0.717) is 15.8 Å². The van der Waals surface area contributed by atoms with E-state index >= 15 is 0 Å². The highest BCUT2D eigenvalue weighted by Gasteiger charge is 2.04. The number of aromatic nitrogens is 1. The fourth-order valence-electron chi connectivity index (χ4n) is 1.58. The zero-order valence-electron chi connectivity index (χ0n) is 11.0. The van der Waals surface area contributed by atoms with E-state index in [2.05, 4.69) is 20.8 Å². The molecule has 0 spiro atoms. The highest BCUT2D eigenvalue weighted by Crippen LogP contribution is 2.23. The number of fused-ring (bicyclic) bond motifs is 1. The smallest absolute Gasteiger partial charge is 0.186 e. The molecule has 0 amide bonds. The molecule has 5 nitrogen and oxygen atoms in total. The van der Waals surface area contributed by atoms with Gasteiger partial charge in [0, 0.05) is 18.0 Å². The van der Waals surface area contributed by atoms with Gasteiger partial charge < -0.3 is 10.1 Å². The normalized spacial score (nSPS) is 10.8. The van der Waals surface area contributed by atoms with Crippen molar-refractivity contribution in [2.24, 2.45) is 5.10 Å². The van der Waals surface area contributed by atoms with Crippen molar-refractivity contribution in [3.05, 3.63) is 35.0 Å². The maximum Gasteiger partial charge on any atom is 0.186 e. The van der Waals surface area contributed by atoms with Gasteiger partial charge in [0.05, 0.1) is 18.8 Å². The van der Waals surface area contributed by atoms with Crippen LogP contribution in [0.3, 0.4) is 0 Å². The SMILES string of the molecule is CNC(=S)N/N=C\c1cc2cc(OC)ccc2nc1Cl. The third kappa shape index (κ3) is 3.34. The molecular formula is C13H13ClN4OS. The van der Waals surface area contributed by atoms with Crippen molar-refractivity contribution >= 4 is 46.0 Å². The van der Waals surface area contributed by atoms with Crippen molar-refractivity contribution in [1.29, 1.82) is 0 Å². The number of hydrazone groups is 1. The summed E-state index contributed by atoms with van der Waals surface area (Å²) in [5.41, 5.74) is 4.15. The number of pyridine rings is 1. The third-order valence-electron chi connectivity index (χ3n) is 2.60. The molecule has 7 heteroatoms. The van der Waals surface area contributed by atoms with E-state index < -0.39 is 0 Å². The van der Waals surface area contributed by atoms with Crippen LogP contribution in [0, 0.1) is 0 Å². The van der Waals surface area contributed by atoms with E-state index in [1.54, 1.807) is 20.4 Å². The molecule has 0 saturated heterocycles. The lowest BCUT2D eigenvalue weighted by Crippen LogP contribution is -2.28. The average Bonchev–Trinajstić information content (AvgIpc) is 2.47. The van der Waals surface area contributed by atoms with Gasteiger partial charge in [-0.05, 0) is 36.5 Å². The second kappa shape index (κ2) is 6.49. The number of methoxy groups -OCH3 is 1. The van der Waals surface area contributed by atoms with Crippen LogP contribution in [-0.2, 0) is 0 Å². The van der Waals surface area contributed by atoms with E-state index in [9.17, 15) is 0 Å². The summed E-state index contributed by atoms with van der Waals surface area (Å²) >= 11 is 11.0. The summed E-state index contributed by atoms with van der Waals surface area (Å²) in [6.07, 6.45) is 1.57. The standard InChI is InChI=1S/C13H13ClN4OS/c1-15-13(20)18-16-7-9-5-8-6-10(19-2)3-4-11(8)17-12(9)14/h3-7H,1-2H3,(H2,15,18,20)/b16-7-. The summed E-state index contributed by atoms with van der Waals surface area (Å²) in [4.78, 5) is 4.31. The first-order valence-electron chi connectivity index (χ1n) is 5.79. The average molecular weight is 309 g/mol. The van der Waals surface area contributed by atoms with Gasteiger partial charge in [-0.25, -0.2) is 4.98 Å². The quantitative estimate of drug-likeness (QED) is 0.394. The molecule has 20 heavy (non-hydrogen) atoms. The number of halogens is 1. The predicted molar refractivity (Wildman–Crippen MR) is 85.7 cm³/mol. The minimum atomic E-state index is 0.378. The number of benzene rings is 1. The third-order valence-corrected chi connectivity index (χ3v) is 3.20. The Bertz CT molecular complexity index is 675. The first kappa shape index (κ1) is 14.5. The molecule has 1 aromatic heterocycles. The zero-order valence-corrected chi connectivity index (χ0v) is 12.5. The van der Waals surface area contributed by atoms with Gasteiger partial charge in [-0.15, -0.1) is 0 Å². The predicted octanol–water partition coefficient (Wildman–Crippen LogP) is 2.32. The monoisotopic (exact) mass is 308 g/mol. The Morgan fingerprint density at radius 1 is 1.45 bits per heavy atom. The van der Waals surface area contributed by atoms with Crippen molar-refractivity contribution < 1.29 is 4.74 Å². The lowest BCUT2D eigenvalue weighted by molar-refractivity contribution is 0.415. The van der Waals surface area contributed by atoms with Gasteiger partial charge in [-0.3, -0.25) is 5.43 Å². The maximum atomic E-state index is 6.12. The molecule has 0 fully saturated rings. The Labute approximate surface area is 127 Å². The summed E-state index contributed by atoms with van der Waals surface area (Å²) < 4.78 is 5.19. The molecular weight excluding hydrogens is 296 g/mol. The maximum absolute atomic E-state index is 6.12. The molecule has 2 aromatic rings. The van der Waals surface area contributed by atoms with E-state index in [1.165, 1.54) is 0 Å². The van der Waals surface area contributed by atoms with Crippen molar-refractivity contribution in [3.8, 4) is 5.75 Å². The van der Waals surface area contributed by atoms with Crippen LogP contribution in [0.5, 0.6) is 5.75 Å². The number of hydrogen-bond donors (Lipinski definition) is 2. The van der Waals surface area contributed by atoms with Crippen LogP contribution in [-0.4, -0.2) is 30.5 Å². The number of thiocarbonyl (C=S) groups is 1. The Hall–Kier alpha value is -1.92. The number of nitrogens with one attached hydrogen (secondary N) is 2. The number of ether oxygens (including phenoxy) is 1. The van der Waals surface area contributed by atoms with Gasteiger partial charge in [0.2, 0.25) is 0 Å². The van der Waals surface area contributed by atoms with Crippen molar-refractivity contribution in [2.45, 2.75) is 0 Å². The van der Waals surface area contributed by atoms with Crippen molar-refractivity contribution in [3.63, 3.8) is 0 Å².